The van der Waals surface area contributed by atoms with Gasteiger partial charge in [-0.05, 0) is 6.07 Å². The fourth-order valence-electron chi connectivity index (χ4n) is 1.17. The van der Waals surface area contributed by atoms with Crippen LogP contribution in [-0.2, 0) is 16.4 Å². The lowest BCUT2D eigenvalue weighted by molar-refractivity contribution is 0.494. The van der Waals surface area contributed by atoms with E-state index in [9.17, 15) is 17.2 Å². The summed E-state index contributed by atoms with van der Waals surface area (Å²) in [6, 6.07) is 3.90. The van der Waals surface area contributed by atoms with Gasteiger partial charge in [-0.15, -0.1) is 0 Å². The first-order valence-corrected chi connectivity index (χ1v) is 6.77. The molecule has 0 saturated carbocycles. The predicted octanol–water partition coefficient (Wildman–Crippen LogP) is 1.10. The highest BCUT2D eigenvalue weighted by Crippen LogP contribution is 2.10. The van der Waals surface area contributed by atoms with Crippen LogP contribution in [0.25, 0.3) is 0 Å². The molecule has 0 atom stereocenters. The third-order valence-corrected chi connectivity index (χ3v) is 2.94. The lowest BCUT2D eigenvalue weighted by Gasteiger charge is -2.05. The van der Waals surface area contributed by atoms with Gasteiger partial charge in [0, 0.05) is 24.9 Å². The molecule has 16 heavy (non-hydrogen) atoms. The summed E-state index contributed by atoms with van der Waals surface area (Å²) in [4.78, 5) is 0. The number of halogens is 2. The van der Waals surface area contributed by atoms with Crippen molar-refractivity contribution in [2.45, 2.75) is 6.54 Å². The Hall–Kier alpha value is -1.01. The first kappa shape index (κ1) is 13.1. The molecule has 0 radical (unpaired) electrons. The van der Waals surface area contributed by atoms with Gasteiger partial charge in [-0.1, -0.05) is 12.1 Å². The van der Waals surface area contributed by atoms with E-state index in [2.05, 4.69) is 5.32 Å². The van der Waals surface area contributed by atoms with Gasteiger partial charge in [-0.2, -0.15) is 0 Å². The molecule has 3 nitrogen and oxygen atoms in total. The summed E-state index contributed by atoms with van der Waals surface area (Å²) in [6.07, 6.45) is 1.12. The van der Waals surface area contributed by atoms with Crippen LogP contribution in [0.5, 0.6) is 0 Å². The molecule has 1 aromatic carbocycles. The second-order valence-electron chi connectivity index (χ2n) is 3.52. The van der Waals surface area contributed by atoms with E-state index < -0.39 is 21.5 Å². The Kier molecular flexibility index (Phi) is 4.37. The predicted molar refractivity (Wildman–Crippen MR) is 57.8 cm³/mol. The van der Waals surface area contributed by atoms with Crippen molar-refractivity contribution in [2.24, 2.45) is 0 Å². The maximum atomic E-state index is 13.1. The van der Waals surface area contributed by atoms with Gasteiger partial charge in [0.25, 0.3) is 0 Å². The van der Waals surface area contributed by atoms with E-state index >= 15 is 0 Å². The first-order valence-electron chi connectivity index (χ1n) is 4.71. The average molecular weight is 249 g/mol. The smallest absolute Gasteiger partial charge is 0.163 e. The van der Waals surface area contributed by atoms with Crippen LogP contribution in [0.3, 0.4) is 0 Å². The van der Waals surface area contributed by atoms with E-state index in [-0.39, 0.29) is 24.4 Å². The molecule has 1 aromatic rings. The van der Waals surface area contributed by atoms with Crippen LogP contribution < -0.4 is 5.32 Å². The van der Waals surface area contributed by atoms with Crippen LogP contribution in [0.1, 0.15) is 5.56 Å². The minimum atomic E-state index is -3.03. The van der Waals surface area contributed by atoms with Crippen molar-refractivity contribution < 1.29 is 17.2 Å². The second kappa shape index (κ2) is 5.36. The van der Waals surface area contributed by atoms with Gasteiger partial charge in [0.05, 0.1) is 5.75 Å². The molecule has 0 aliphatic heterocycles. The van der Waals surface area contributed by atoms with Gasteiger partial charge in [0.15, 0.2) is 11.6 Å². The molecule has 6 heteroatoms. The van der Waals surface area contributed by atoms with E-state index in [0.29, 0.717) is 0 Å². The fourth-order valence-corrected chi connectivity index (χ4v) is 1.68. The zero-order valence-corrected chi connectivity index (χ0v) is 9.65. The highest BCUT2D eigenvalue weighted by Gasteiger charge is 2.07. The summed E-state index contributed by atoms with van der Waals surface area (Å²) in [5.41, 5.74) is 0.188. The van der Waals surface area contributed by atoms with Gasteiger partial charge in [-0.25, -0.2) is 17.2 Å². The van der Waals surface area contributed by atoms with Crippen molar-refractivity contribution in [1.82, 2.24) is 5.32 Å². The highest BCUT2D eigenvalue weighted by atomic mass is 32.2. The highest BCUT2D eigenvalue weighted by molar-refractivity contribution is 7.90. The zero-order valence-electron chi connectivity index (χ0n) is 8.83. The molecule has 0 aliphatic rings. The minimum absolute atomic E-state index is 0.0239. The number of rotatable bonds is 5. The normalized spacial score (nSPS) is 11.7. The monoisotopic (exact) mass is 249 g/mol. The molecular formula is C10H13F2NO2S. The van der Waals surface area contributed by atoms with Crippen LogP contribution in [-0.4, -0.2) is 27.0 Å². The Bertz CT molecular complexity index is 460. The molecule has 90 valence electrons. The number of benzene rings is 1. The summed E-state index contributed by atoms with van der Waals surface area (Å²) in [5.74, 6) is -1.82. The van der Waals surface area contributed by atoms with Gasteiger partial charge in [0.2, 0.25) is 0 Å². The summed E-state index contributed by atoms with van der Waals surface area (Å²) >= 11 is 0. The van der Waals surface area contributed by atoms with Crippen molar-refractivity contribution >= 4 is 9.84 Å². The molecule has 0 fully saturated rings. The molecule has 0 aromatic heterocycles. The Morgan fingerprint density at radius 1 is 1.31 bits per heavy atom. The van der Waals surface area contributed by atoms with E-state index in [1.165, 1.54) is 12.1 Å². The molecule has 0 unspecified atom stereocenters. The van der Waals surface area contributed by atoms with Gasteiger partial charge in [-0.3, -0.25) is 0 Å². The molecule has 0 aliphatic carbocycles. The fraction of sp³-hybridized carbons (Fsp3) is 0.400. The molecule has 0 bridgehead atoms. The van der Waals surface area contributed by atoms with Crippen LogP contribution >= 0.6 is 0 Å². The summed E-state index contributed by atoms with van der Waals surface area (Å²) in [5, 5.41) is 2.74. The van der Waals surface area contributed by atoms with Crippen molar-refractivity contribution in [2.75, 3.05) is 18.6 Å². The topological polar surface area (TPSA) is 46.2 Å². The van der Waals surface area contributed by atoms with Crippen LogP contribution in [0, 0.1) is 11.6 Å². The van der Waals surface area contributed by atoms with E-state index in [1.54, 1.807) is 0 Å². The molecule has 0 spiro atoms. The number of sulfone groups is 1. The summed E-state index contributed by atoms with van der Waals surface area (Å²) < 4.78 is 47.5. The Morgan fingerprint density at radius 3 is 2.62 bits per heavy atom. The number of hydrogen-bond donors (Lipinski definition) is 1. The lowest BCUT2D eigenvalue weighted by Crippen LogP contribution is -2.22. The molecule has 1 rings (SSSR count). The number of nitrogens with one attached hydrogen (secondary N) is 1. The van der Waals surface area contributed by atoms with Crippen molar-refractivity contribution in [3.63, 3.8) is 0 Å². The average Bonchev–Trinajstić information content (AvgIpc) is 2.17. The second-order valence-corrected chi connectivity index (χ2v) is 5.78. The minimum Gasteiger partial charge on any atom is -0.312 e. The third-order valence-electron chi connectivity index (χ3n) is 2.00. The number of hydrogen-bond acceptors (Lipinski definition) is 3. The van der Waals surface area contributed by atoms with Gasteiger partial charge >= 0.3 is 0 Å². The largest absolute Gasteiger partial charge is 0.312 e. The third kappa shape index (κ3) is 4.24. The van der Waals surface area contributed by atoms with Crippen molar-refractivity contribution in [1.29, 1.82) is 0 Å². The SMILES string of the molecule is CS(=O)(=O)CCNCc1cccc(F)c1F. The van der Waals surface area contributed by atoms with Gasteiger partial charge in [0.1, 0.15) is 9.84 Å². The van der Waals surface area contributed by atoms with Crippen LogP contribution in [0.4, 0.5) is 8.78 Å². The van der Waals surface area contributed by atoms with Crippen molar-refractivity contribution in [3.8, 4) is 0 Å². The maximum absolute atomic E-state index is 13.1. The summed E-state index contributed by atoms with van der Waals surface area (Å²) in [7, 11) is -3.03. The van der Waals surface area contributed by atoms with Gasteiger partial charge < -0.3 is 5.32 Å². The van der Waals surface area contributed by atoms with E-state index in [0.717, 1.165) is 12.3 Å². The zero-order chi connectivity index (χ0) is 12.2. The molecule has 0 amide bonds. The van der Waals surface area contributed by atoms with Crippen molar-refractivity contribution in [3.05, 3.63) is 35.4 Å². The molecular weight excluding hydrogens is 236 g/mol. The molecule has 0 saturated heterocycles. The standard InChI is InChI=1S/C10H13F2NO2S/c1-16(14,15)6-5-13-7-8-3-2-4-9(11)10(8)12/h2-4,13H,5-7H2,1H3. The quantitative estimate of drug-likeness (QED) is 0.795. The molecule has 0 heterocycles. The molecule has 1 N–H and O–H groups in total. The van der Waals surface area contributed by atoms with Crippen LogP contribution in [0.15, 0.2) is 18.2 Å². The van der Waals surface area contributed by atoms with E-state index in [4.69, 9.17) is 0 Å². The maximum Gasteiger partial charge on any atom is 0.163 e. The van der Waals surface area contributed by atoms with Crippen LogP contribution in [0.2, 0.25) is 0 Å². The summed E-state index contributed by atoms with van der Waals surface area (Å²) in [6.45, 7) is 0.327. The Morgan fingerprint density at radius 2 is 2.00 bits per heavy atom. The lowest BCUT2D eigenvalue weighted by atomic mass is 10.2. The Balaban J connectivity index is 2.47. The van der Waals surface area contributed by atoms with E-state index in [1.807, 2.05) is 0 Å². The first-order chi connectivity index (χ1) is 7.40. The Labute approximate surface area is 93.4 Å².